The summed E-state index contributed by atoms with van der Waals surface area (Å²) in [5, 5.41) is 0. The second-order valence-electron chi connectivity index (χ2n) is 3.64. The van der Waals surface area contributed by atoms with Gasteiger partial charge in [0.25, 0.3) is 0 Å². The van der Waals surface area contributed by atoms with Gasteiger partial charge in [-0.05, 0) is 0 Å². The van der Waals surface area contributed by atoms with Crippen molar-refractivity contribution >= 4 is 5.97 Å². The van der Waals surface area contributed by atoms with E-state index in [1.165, 1.54) is 0 Å². The minimum atomic E-state index is -5.66. The number of terminal acetylenes is 1. The summed E-state index contributed by atoms with van der Waals surface area (Å²) >= 11 is 0. The van der Waals surface area contributed by atoms with Crippen molar-refractivity contribution in [3.05, 3.63) is 28.8 Å². The maximum absolute atomic E-state index is 13.3. The standard InChI is InChI=1S/C12H5F7O2/c1-2-3-4-5(20)21-11-9(15)7(13)6(12(17,18)19)8(14)10(11)16/h1H,3-4H2. The fourth-order valence-corrected chi connectivity index (χ4v) is 1.29. The van der Waals surface area contributed by atoms with Gasteiger partial charge in [-0.2, -0.15) is 22.0 Å². The second-order valence-corrected chi connectivity index (χ2v) is 3.64. The number of hydrogen-bond donors (Lipinski definition) is 0. The average Bonchev–Trinajstić information content (AvgIpc) is 2.37. The van der Waals surface area contributed by atoms with E-state index < -0.39 is 53.1 Å². The van der Waals surface area contributed by atoms with Crippen LogP contribution in [0, 0.1) is 35.6 Å². The molecule has 0 radical (unpaired) electrons. The molecule has 0 bridgehead atoms. The zero-order chi connectivity index (χ0) is 16.4. The summed E-state index contributed by atoms with van der Waals surface area (Å²) in [4.78, 5) is 11.1. The molecule has 0 saturated heterocycles. The molecule has 1 aromatic carbocycles. The van der Waals surface area contributed by atoms with Gasteiger partial charge in [0.05, 0.1) is 6.42 Å². The molecule has 0 aliphatic heterocycles. The van der Waals surface area contributed by atoms with Gasteiger partial charge >= 0.3 is 12.1 Å². The van der Waals surface area contributed by atoms with Crippen LogP contribution < -0.4 is 4.74 Å². The van der Waals surface area contributed by atoms with Gasteiger partial charge in [-0.25, -0.2) is 8.78 Å². The van der Waals surface area contributed by atoms with Crippen molar-refractivity contribution in [1.82, 2.24) is 0 Å². The SMILES string of the molecule is C#CCCC(=O)Oc1c(F)c(F)c(C(F)(F)F)c(F)c1F. The van der Waals surface area contributed by atoms with E-state index in [2.05, 4.69) is 4.74 Å². The van der Waals surface area contributed by atoms with Gasteiger partial charge in [-0.15, -0.1) is 12.3 Å². The van der Waals surface area contributed by atoms with Crippen molar-refractivity contribution in [3.8, 4) is 18.1 Å². The number of carbonyl (C=O) groups excluding carboxylic acids is 1. The molecule has 0 aliphatic carbocycles. The first-order chi connectivity index (χ1) is 9.61. The van der Waals surface area contributed by atoms with Crippen molar-refractivity contribution in [2.45, 2.75) is 19.0 Å². The highest BCUT2D eigenvalue weighted by atomic mass is 19.4. The van der Waals surface area contributed by atoms with Crippen LogP contribution in [0.3, 0.4) is 0 Å². The number of halogens is 7. The largest absolute Gasteiger partial charge is 0.422 e. The van der Waals surface area contributed by atoms with Gasteiger partial charge in [0.2, 0.25) is 17.4 Å². The lowest BCUT2D eigenvalue weighted by molar-refractivity contribution is -0.143. The maximum Gasteiger partial charge on any atom is 0.422 e. The summed E-state index contributed by atoms with van der Waals surface area (Å²) in [6, 6.07) is 0. The number of ether oxygens (including phenoxy) is 1. The molecule has 0 aromatic heterocycles. The lowest BCUT2D eigenvalue weighted by Crippen LogP contribution is -2.18. The molecule has 0 amide bonds. The molecule has 21 heavy (non-hydrogen) atoms. The average molecular weight is 314 g/mol. The topological polar surface area (TPSA) is 26.3 Å². The van der Waals surface area contributed by atoms with Crippen LogP contribution in [-0.4, -0.2) is 5.97 Å². The van der Waals surface area contributed by atoms with E-state index in [1.54, 1.807) is 0 Å². The molecule has 0 aliphatic rings. The minimum absolute atomic E-state index is 0.201. The van der Waals surface area contributed by atoms with Crippen LogP contribution in [0.4, 0.5) is 30.7 Å². The molecule has 0 heterocycles. The van der Waals surface area contributed by atoms with E-state index in [1.807, 2.05) is 5.92 Å². The number of benzene rings is 1. The first-order valence-corrected chi connectivity index (χ1v) is 5.18. The predicted octanol–water partition coefficient (Wildman–Crippen LogP) is 3.58. The van der Waals surface area contributed by atoms with Crippen LogP contribution >= 0.6 is 0 Å². The number of esters is 1. The molecule has 1 aromatic rings. The van der Waals surface area contributed by atoms with Crippen molar-refractivity contribution in [1.29, 1.82) is 0 Å². The van der Waals surface area contributed by atoms with Crippen LogP contribution in [0.1, 0.15) is 18.4 Å². The molecular weight excluding hydrogens is 309 g/mol. The summed E-state index contributed by atoms with van der Waals surface area (Å²) in [7, 11) is 0. The molecule has 0 fully saturated rings. The molecule has 0 saturated carbocycles. The minimum Gasteiger partial charge on any atom is -0.420 e. The summed E-state index contributed by atoms with van der Waals surface area (Å²) < 4.78 is 93.8. The Morgan fingerprint density at radius 1 is 1.05 bits per heavy atom. The Bertz CT molecular complexity index is 584. The Morgan fingerprint density at radius 3 is 1.90 bits per heavy atom. The van der Waals surface area contributed by atoms with E-state index >= 15 is 0 Å². The van der Waals surface area contributed by atoms with Crippen LogP contribution in [0.2, 0.25) is 0 Å². The Hall–Kier alpha value is -2.24. The lowest BCUT2D eigenvalue weighted by Gasteiger charge is -2.13. The van der Waals surface area contributed by atoms with Crippen LogP contribution in [0.25, 0.3) is 0 Å². The molecule has 1 rings (SSSR count). The van der Waals surface area contributed by atoms with Crippen LogP contribution in [-0.2, 0) is 11.0 Å². The van der Waals surface area contributed by atoms with Gasteiger partial charge in [0.15, 0.2) is 11.6 Å². The van der Waals surface area contributed by atoms with E-state index in [9.17, 15) is 35.5 Å². The zero-order valence-corrected chi connectivity index (χ0v) is 9.95. The van der Waals surface area contributed by atoms with Crippen LogP contribution in [0.5, 0.6) is 5.75 Å². The quantitative estimate of drug-likeness (QED) is 0.280. The summed E-state index contributed by atoms with van der Waals surface area (Å²) in [6.45, 7) is 0. The third-order valence-corrected chi connectivity index (χ3v) is 2.20. The monoisotopic (exact) mass is 314 g/mol. The highest BCUT2D eigenvalue weighted by molar-refractivity contribution is 5.72. The van der Waals surface area contributed by atoms with Crippen molar-refractivity contribution in [2.24, 2.45) is 0 Å². The van der Waals surface area contributed by atoms with Crippen LogP contribution in [0.15, 0.2) is 0 Å². The Labute approximate surface area is 113 Å². The first kappa shape index (κ1) is 16.8. The fraction of sp³-hybridized carbons (Fsp3) is 0.250. The summed E-state index contributed by atoms with van der Waals surface area (Å²) in [5.74, 6) is -11.6. The van der Waals surface area contributed by atoms with Crippen molar-refractivity contribution < 1.29 is 40.3 Å². The highest BCUT2D eigenvalue weighted by Crippen LogP contribution is 2.39. The first-order valence-electron chi connectivity index (χ1n) is 5.18. The van der Waals surface area contributed by atoms with E-state index in [0.29, 0.717) is 0 Å². The Kier molecular flexibility index (Phi) is 4.83. The normalized spacial score (nSPS) is 11.1. The van der Waals surface area contributed by atoms with Gasteiger partial charge in [0.1, 0.15) is 5.56 Å². The highest BCUT2D eigenvalue weighted by Gasteiger charge is 2.43. The third kappa shape index (κ3) is 3.45. The lowest BCUT2D eigenvalue weighted by atomic mass is 10.1. The number of alkyl halides is 3. The molecule has 114 valence electrons. The number of carbonyl (C=O) groups is 1. The Morgan fingerprint density at radius 2 is 1.52 bits per heavy atom. The Balaban J connectivity index is 3.32. The smallest absolute Gasteiger partial charge is 0.420 e. The van der Waals surface area contributed by atoms with Gasteiger partial charge in [-0.1, -0.05) is 0 Å². The molecular formula is C12H5F7O2. The van der Waals surface area contributed by atoms with Gasteiger partial charge in [0, 0.05) is 6.42 Å². The third-order valence-electron chi connectivity index (χ3n) is 2.20. The van der Waals surface area contributed by atoms with E-state index in [4.69, 9.17) is 6.42 Å². The van der Waals surface area contributed by atoms with E-state index in [0.717, 1.165) is 0 Å². The number of hydrogen-bond acceptors (Lipinski definition) is 2. The molecule has 0 spiro atoms. The second kappa shape index (κ2) is 6.03. The molecule has 0 unspecified atom stereocenters. The molecule has 2 nitrogen and oxygen atoms in total. The van der Waals surface area contributed by atoms with Crippen molar-refractivity contribution in [2.75, 3.05) is 0 Å². The number of rotatable bonds is 3. The van der Waals surface area contributed by atoms with Gasteiger partial charge < -0.3 is 4.74 Å². The summed E-state index contributed by atoms with van der Waals surface area (Å²) in [6.07, 6.45) is -1.61. The van der Waals surface area contributed by atoms with Gasteiger partial charge in [-0.3, -0.25) is 4.79 Å². The molecule has 9 heteroatoms. The maximum atomic E-state index is 13.3. The summed E-state index contributed by atoms with van der Waals surface area (Å²) in [5.41, 5.74) is -2.75. The zero-order valence-electron chi connectivity index (χ0n) is 9.95. The van der Waals surface area contributed by atoms with E-state index in [-0.39, 0.29) is 6.42 Å². The molecule has 0 N–H and O–H groups in total. The predicted molar refractivity (Wildman–Crippen MR) is 55.0 cm³/mol. The van der Waals surface area contributed by atoms with Crippen molar-refractivity contribution in [3.63, 3.8) is 0 Å². The fourth-order valence-electron chi connectivity index (χ4n) is 1.29. The molecule has 0 atom stereocenters.